The lowest BCUT2D eigenvalue weighted by molar-refractivity contribution is 0.0587. The smallest absolute Gasteiger partial charge is 0.377 e. The van der Waals surface area contributed by atoms with E-state index in [9.17, 15) is 4.79 Å². The van der Waals surface area contributed by atoms with E-state index < -0.39 is 5.97 Å². The highest BCUT2D eigenvalue weighted by Gasteiger charge is 2.14. The zero-order valence-electron chi connectivity index (χ0n) is 10.7. The third kappa shape index (κ3) is 2.87. The molecule has 0 radical (unpaired) electrons. The molecule has 0 aliphatic heterocycles. The Balaban J connectivity index is 2.30. The van der Waals surface area contributed by atoms with Crippen LogP contribution < -0.4 is 4.74 Å². The first-order chi connectivity index (χ1) is 9.26. The molecule has 2 aromatic rings. The van der Waals surface area contributed by atoms with Crippen molar-refractivity contribution in [1.82, 2.24) is 19.7 Å². The second-order valence-electron chi connectivity index (χ2n) is 3.68. The van der Waals surface area contributed by atoms with Crippen LogP contribution in [-0.2, 0) is 4.74 Å². The quantitative estimate of drug-likeness (QED) is 0.754. The van der Waals surface area contributed by atoms with Crippen molar-refractivity contribution in [3.63, 3.8) is 0 Å². The molecular weight excluding hydrogens is 248 g/mol. The first kappa shape index (κ1) is 13.0. The highest BCUT2D eigenvalue weighted by atomic mass is 16.5. The molecule has 2 rings (SSSR count). The van der Waals surface area contributed by atoms with Gasteiger partial charge < -0.3 is 9.47 Å². The number of aromatic nitrogens is 4. The lowest BCUT2D eigenvalue weighted by Crippen LogP contribution is -2.07. The molecule has 0 aromatic carbocycles. The Morgan fingerprint density at radius 1 is 1.42 bits per heavy atom. The van der Waals surface area contributed by atoms with E-state index in [1.54, 1.807) is 18.3 Å². The number of pyridine rings is 1. The molecule has 0 spiro atoms. The molecule has 0 aliphatic carbocycles. The number of nitrogens with zero attached hydrogens (tertiary/aromatic N) is 4. The SMILES string of the molecule is CCCOc1cccnc1-n1cnc(C(=O)OC)n1. The summed E-state index contributed by atoms with van der Waals surface area (Å²) < 4.78 is 11.5. The lowest BCUT2D eigenvalue weighted by atomic mass is 10.4. The zero-order valence-corrected chi connectivity index (χ0v) is 10.7. The van der Waals surface area contributed by atoms with Crippen molar-refractivity contribution in [3.8, 4) is 11.6 Å². The summed E-state index contributed by atoms with van der Waals surface area (Å²) in [6.45, 7) is 2.60. The van der Waals surface area contributed by atoms with Crippen LogP contribution in [0.5, 0.6) is 5.75 Å². The van der Waals surface area contributed by atoms with Gasteiger partial charge in [0.15, 0.2) is 11.6 Å². The van der Waals surface area contributed by atoms with Gasteiger partial charge in [-0.2, -0.15) is 4.68 Å². The second kappa shape index (κ2) is 5.94. The predicted molar refractivity (Wildman–Crippen MR) is 66.3 cm³/mol. The first-order valence-corrected chi connectivity index (χ1v) is 5.84. The van der Waals surface area contributed by atoms with Crippen LogP contribution in [0.15, 0.2) is 24.7 Å². The molecule has 0 saturated carbocycles. The Morgan fingerprint density at radius 3 is 3.00 bits per heavy atom. The normalized spacial score (nSPS) is 10.2. The monoisotopic (exact) mass is 262 g/mol. The Bertz CT molecular complexity index is 568. The van der Waals surface area contributed by atoms with Gasteiger partial charge in [0.2, 0.25) is 0 Å². The summed E-state index contributed by atoms with van der Waals surface area (Å²) in [6.07, 6.45) is 3.90. The van der Waals surface area contributed by atoms with Crippen molar-refractivity contribution in [2.24, 2.45) is 0 Å². The molecule has 0 unspecified atom stereocenters. The van der Waals surface area contributed by atoms with Gasteiger partial charge in [0, 0.05) is 6.20 Å². The lowest BCUT2D eigenvalue weighted by Gasteiger charge is -2.08. The van der Waals surface area contributed by atoms with Gasteiger partial charge in [-0.25, -0.2) is 14.8 Å². The summed E-state index contributed by atoms with van der Waals surface area (Å²) in [6, 6.07) is 3.56. The number of rotatable bonds is 5. The van der Waals surface area contributed by atoms with Crippen LogP contribution in [0.25, 0.3) is 5.82 Å². The van der Waals surface area contributed by atoms with Crippen molar-refractivity contribution >= 4 is 5.97 Å². The molecule has 2 aromatic heterocycles. The summed E-state index contributed by atoms with van der Waals surface area (Å²) in [7, 11) is 1.28. The number of carbonyl (C=O) groups excluding carboxylic acids is 1. The fourth-order valence-corrected chi connectivity index (χ4v) is 1.43. The molecule has 0 saturated heterocycles. The average molecular weight is 262 g/mol. The maximum absolute atomic E-state index is 11.3. The number of esters is 1. The van der Waals surface area contributed by atoms with Gasteiger partial charge in [-0.05, 0) is 18.6 Å². The molecule has 100 valence electrons. The van der Waals surface area contributed by atoms with Crippen LogP contribution >= 0.6 is 0 Å². The Hall–Kier alpha value is -2.44. The summed E-state index contributed by atoms with van der Waals surface area (Å²) in [4.78, 5) is 19.4. The first-order valence-electron chi connectivity index (χ1n) is 5.84. The van der Waals surface area contributed by atoms with E-state index in [2.05, 4.69) is 19.8 Å². The molecule has 0 N–H and O–H groups in total. The minimum atomic E-state index is -0.592. The molecule has 2 heterocycles. The standard InChI is InChI=1S/C12H14N4O3/c1-3-7-19-9-5-4-6-13-11(9)16-8-14-10(15-16)12(17)18-2/h4-6,8H,3,7H2,1-2H3. The minimum absolute atomic E-state index is 0.0189. The molecule has 0 amide bonds. The highest BCUT2D eigenvalue weighted by Crippen LogP contribution is 2.19. The average Bonchev–Trinajstić information content (AvgIpc) is 2.94. The highest BCUT2D eigenvalue weighted by molar-refractivity contribution is 5.84. The molecule has 0 bridgehead atoms. The van der Waals surface area contributed by atoms with E-state index in [1.807, 2.05) is 6.92 Å². The van der Waals surface area contributed by atoms with Crippen molar-refractivity contribution in [2.45, 2.75) is 13.3 Å². The topological polar surface area (TPSA) is 79.1 Å². The third-order valence-electron chi connectivity index (χ3n) is 2.29. The molecular formula is C12H14N4O3. The van der Waals surface area contributed by atoms with E-state index in [4.69, 9.17) is 4.74 Å². The van der Waals surface area contributed by atoms with E-state index in [-0.39, 0.29) is 5.82 Å². The van der Waals surface area contributed by atoms with Crippen LogP contribution in [0.1, 0.15) is 24.0 Å². The van der Waals surface area contributed by atoms with Crippen LogP contribution in [-0.4, -0.2) is 39.4 Å². The summed E-state index contributed by atoms with van der Waals surface area (Å²) in [5.41, 5.74) is 0. The maximum Gasteiger partial charge on any atom is 0.377 e. The van der Waals surface area contributed by atoms with Crippen molar-refractivity contribution in [1.29, 1.82) is 0 Å². The number of hydrogen-bond donors (Lipinski definition) is 0. The van der Waals surface area contributed by atoms with E-state index in [0.29, 0.717) is 18.2 Å². The minimum Gasteiger partial charge on any atom is -0.490 e. The molecule has 7 heteroatoms. The van der Waals surface area contributed by atoms with Crippen molar-refractivity contribution in [2.75, 3.05) is 13.7 Å². The van der Waals surface area contributed by atoms with Gasteiger partial charge in [-0.3, -0.25) is 0 Å². The third-order valence-corrected chi connectivity index (χ3v) is 2.29. The zero-order chi connectivity index (χ0) is 13.7. The summed E-state index contributed by atoms with van der Waals surface area (Å²) in [5, 5.41) is 4.01. The van der Waals surface area contributed by atoms with E-state index in [1.165, 1.54) is 18.1 Å². The predicted octanol–water partition coefficient (Wildman–Crippen LogP) is 1.24. The Morgan fingerprint density at radius 2 is 2.26 bits per heavy atom. The number of carbonyl (C=O) groups is 1. The van der Waals surface area contributed by atoms with Gasteiger partial charge in [0.1, 0.15) is 6.33 Å². The van der Waals surface area contributed by atoms with Gasteiger partial charge in [-0.1, -0.05) is 6.92 Å². The molecule has 0 fully saturated rings. The molecule has 19 heavy (non-hydrogen) atoms. The number of methoxy groups -OCH3 is 1. The van der Waals surface area contributed by atoms with Gasteiger partial charge >= 0.3 is 5.97 Å². The summed E-state index contributed by atoms with van der Waals surface area (Å²) in [5.74, 6) is 0.463. The van der Waals surface area contributed by atoms with Crippen molar-refractivity contribution in [3.05, 3.63) is 30.5 Å². The fraction of sp³-hybridized carbons (Fsp3) is 0.333. The van der Waals surface area contributed by atoms with E-state index >= 15 is 0 Å². The van der Waals surface area contributed by atoms with Crippen LogP contribution in [0, 0.1) is 0 Å². The molecule has 0 atom stereocenters. The largest absolute Gasteiger partial charge is 0.490 e. The van der Waals surface area contributed by atoms with Crippen LogP contribution in [0.3, 0.4) is 0 Å². The van der Waals surface area contributed by atoms with Crippen LogP contribution in [0.2, 0.25) is 0 Å². The van der Waals surface area contributed by atoms with E-state index in [0.717, 1.165) is 6.42 Å². The van der Waals surface area contributed by atoms with Gasteiger partial charge in [0.05, 0.1) is 13.7 Å². The Kier molecular flexibility index (Phi) is 4.07. The number of ether oxygens (including phenoxy) is 2. The number of hydrogen-bond acceptors (Lipinski definition) is 6. The Labute approximate surface area is 110 Å². The van der Waals surface area contributed by atoms with Crippen LogP contribution in [0.4, 0.5) is 0 Å². The fourth-order valence-electron chi connectivity index (χ4n) is 1.43. The molecule has 0 aliphatic rings. The van der Waals surface area contributed by atoms with Crippen molar-refractivity contribution < 1.29 is 14.3 Å². The van der Waals surface area contributed by atoms with Gasteiger partial charge in [-0.15, -0.1) is 5.10 Å². The maximum atomic E-state index is 11.3. The second-order valence-corrected chi connectivity index (χ2v) is 3.68. The summed E-state index contributed by atoms with van der Waals surface area (Å²) >= 11 is 0. The van der Waals surface area contributed by atoms with Gasteiger partial charge in [0.25, 0.3) is 5.82 Å². The molecule has 7 nitrogen and oxygen atoms in total.